The Hall–Kier alpha value is -1.49. The minimum atomic E-state index is 0.0724. The summed E-state index contributed by atoms with van der Waals surface area (Å²) in [4.78, 5) is 24.2. The number of rotatable bonds is 5. The third-order valence-electron chi connectivity index (χ3n) is 3.61. The highest BCUT2D eigenvalue weighted by Crippen LogP contribution is 2.45. The first-order valence-electron chi connectivity index (χ1n) is 7.49. The van der Waals surface area contributed by atoms with Gasteiger partial charge in [-0.1, -0.05) is 54.1 Å². The fourth-order valence-corrected chi connectivity index (χ4v) is 4.97. The van der Waals surface area contributed by atoms with Crippen LogP contribution in [0.1, 0.15) is 27.6 Å². The van der Waals surface area contributed by atoms with Crippen LogP contribution in [0.15, 0.2) is 64.9 Å². The van der Waals surface area contributed by atoms with Crippen LogP contribution in [0.3, 0.4) is 0 Å². The van der Waals surface area contributed by atoms with Gasteiger partial charge in [0.15, 0.2) is 11.6 Å². The summed E-state index contributed by atoms with van der Waals surface area (Å²) >= 11 is 9.00. The molecule has 0 aliphatic carbocycles. The molecule has 0 radical (unpaired) electrons. The summed E-state index contributed by atoms with van der Waals surface area (Å²) in [6.45, 7) is 0. The third-order valence-corrected chi connectivity index (χ3v) is 6.38. The largest absolute Gasteiger partial charge is 0.295 e. The fraction of sp³-hybridized carbons (Fsp3) is 0.158. The van der Waals surface area contributed by atoms with E-state index in [1.165, 1.54) is 11.8 Å². The average Bonchev–Trinajstić information content (AvgIpc) is 2.60. The summed E-state index contributed by atoms with van der Waals surface area (Å²) < 4.78 is 0.899. The molecule has 5 heteroatoms. The van der Waals surface area contributed by atoms with Gasteiger partial charge in [0.25, 0.3) is 0 Å². The molecular weight excluding hydrogens is 360 g/mol. The molecule has 2 aromatic carbocycles. The van der Waals surface area contributed by atoms with Crippen LogP contribution in [0.5, 0.6) is 0 Å². The first-order valence-corrected chi connectivity index (χ1v) is 9.74. The molecule has 0 aromatic heterocycles. The van der Waals surface area contributed by atoms with Crippen molar-refractivity contribution in [3.63, 3.8) is 0 Å². The van der Waals surface area contributed by atoms with Crippen LogP contribution in [0.25, 0.3) is 0 Å². The highest BCUT2D eigenvalue weighted by atomic mass is 35.5. The van der Waals surface area contributed by atoms with E-state index in [0.717, 1.165) is 9.80 Å². The SMILES string of the molecule is O=C1C=C(SCC(=O)c2ccccc2)SC(c2ccc(Cl)cc2)C1. The maximum atomic E-state index is 12.2. The van der Waals surface area contributed by atoms with E-state index in [-0.39, 0.29) is 16.8 Å². The van der Waals surface area contributed by atoms with Crippen LogP contribution in [0.4, 0.5) is 0 Å². The first-order chi connectivity index (χ1) is 11.6. The van der Waals surface area contributed by atoms with Crippen molar-refractivity contribution in [3.05, 3.63) is 81.1 Å². The van der Waals surface area contributed by atoms with Crippen LogP contribution in [-0.4, -0.2) is 17.3 Å². The second kappa shape index (κ2) is 8.06. The van der Waals surface area contributed by atoms with E-state index in [1.54, 1.807) is 17.8 Å². The number of carbonyl (C=O) groups excluding carboxylic acids is 2. The maximum Gasteiger partial charge on any atom is 0.173 e. The molecule has 0 saturated carbocycles. The highest BCUT2D eigenvalue weighted by molar-refractivity contribution is 8.22. The number of allylic oxidation sites excluding steroid dienone is 1. The Kier molecular flexibility index (Phi) is 5.82. The zero-order valence-corrected chi connectivity index (χ0v) is 15.2. The van der Waals surface area contributed by atoms with Gasteiger partial charge in [-0.3, -0.25) is 9.59 Å². The Labute approximate surface area is 154 Å². The summed E-state index contributed by atoms with van der Waals surface area (Å²) in [5.41, 5.74) is 1.78. The molecule has 0 saturated heterocycles. The Morgan fingerprint density at radius 1 is 1.12 bits per heavy atom. The van der Waals surface area contributed by atoms with E-state index in [4.69, 9.17) is 11.6 Å². The van der Waals surface area contributed by atoms with E-state index in [2.05, 4.69) is 0 Å². The molecule has 122 valence electrons. The first kappa shape index (κ1) is 17.3. The lowest BCUT2D eigenvalue weighted by atomic mass is 10.1. The Morgan fingerprint density at radius 2 is 1.83 bits per heavy atom. The Bertz CT molecular complexity index is 770. The van der Waals surface area contributed by atoms with Gasteiger partial charge in [-0.25, -0.2) is 0 Å². The highest BCUT2D eigenvalue weighted by Gasteiger charge is 2.23. The third kappa shape index (κ3) is 4.53. The molecule has 1 aliphatic heterocycles. The van der Waals surface area contributed by atoms with Crippen LogP contribution in [-0.2, 0) is 4.79 Å². The van der Waals surface area contributed by atoms with Crippen LogP contribution < -0.4 is 0 Å². The smallest absolute Gasteiger partial charge is 0.173 e. The van der Waals surface area contributed by atoms with Crippen molar-refractivity contribution < 1.29 is 9.59 Å². The van der Waals surface area contributed by atoms with Crippen LogP contribution >= 0.6 is 35.1 Å². The number of hydrogen-bond donors (Lipinski definition) is 0. The van der Waals surface area contributed by atoms with E-state index in [9.17, 15) is 9.59 Å². The number of Topliss-reactive ketones (excluding diaryl/α,β-unsaturated/α-hetero) is 1. The lowest BCUT2D eigenvalue weighted by Crippen LogP contribution is -2.09. The van der Waals surface area contributed by atoms with Gasteiger partial charge in [0.05, 0.1) is 5.75 Å². The zero-order valence-electron chi connectivity index (χ0n) is 12.8. The van der Waals surface area contributed by atoms with Crippen molar-refractivity contribution in [2.24, 2.45) is 0 Å². The van der Waals surface area contributed by atoms with Gasteiger partial charge in [0.2, 0.25) is 0 Å². The molecular formula is C19H15ClO2S2. The van der Waals surface area contributed by atoms with E-state index in [1.807, 2.05) is 54.6 Å². The maximum absolute atomic E-state index is 12.2. The molecule has 1 atom stereocenters. The van der Waals surface area contributed by atoms with Gasteiger partial charge >= 0.3 is 0 Å². The summed E-state index contributed by atoms with van der Waals surface area (Å²) in [6.07, 6.45) is 2.13. The van der Waals surface area contributed by atoms with Crippen molar-refractivity contribution in [1.82, 2.24) is 0 Å². The summed E-state index contributed by atoms with van der Waals surface area (Å²) in [6, 6.07) is 16.8. The molecule has 24 heavy (non-hydrogen) atoms. The molecule has 0 fully saturated rings. The minimum absolute atomic E-state index is 0.0724. The number of benzene rings is 2. The minimum Gasteiger partial charge on any atom is -0.295 e. The fourth-order valence-electron chi connectivity index (χ4n) is 2.37. The van der Waals surface area contributed by atoms with Gasteiger partial charge < -0.3 is 0 Å². The molecule has 2 nitrogen and oxygen atoms in total. The molecule has 2 aromatic rings. The van der Waals surface area contributed by atoms with Gasteiger partial charge in [-0.15, -0.1) is 23.5 Å². The Balaban J connectivity index is 1.64. The number of hydrogen-bond acceptors (Lipinski definition) is 4. The molecule has 0 bridgehead atoms. The van der Waals surface area contributed by atoms with Crippen LogP contribution in [0, 0.1) is 0 Å². The Morgan fingerprint density at radius 3 is 2.54 bits per heavy atom. The quantitative estimate of drug-likeness (QED) is 0.643. The van der Waals surface area contributed by atoms with Crippen molar-refractivity contribution in [2.75, 3.05) is 5.75 Å². The van der Waals surface area contributed by atoms with E-state index in [0.29, 0.717) is 22.8 Å². The predicted molar refractivity (Wildman–Crippen MR) is 103 cm³/mol. The predicted octanol–water partition coefficient (Wildman–Crippen LogP) is 5.54. The topological polar surface area (TPSA) is 34.1 Å². The lowest BCUT2D eigenvalue weighted by molar-refractivity contribution is -0.114. The van der Waals surface area contributed by atoms with E-state index >= 15 is 0 Å². The lowest BCUT2D eigenvalue weighted by Gasteiger charge is -2.21. The molecule has 1 aliphatic rings. The molecule has 0 spiro atoms. The van der Waals surface area contributed by atoms with Crippen LogP contribution in [0.2, 0.25) is 5.02 Å². The second-order valence-corrected chi connectivity index (χ2v) is 8.33. The van der Waals surface area contributed by atoms with E-state index < -0.39 is 0 Å². The summed E-state index contributed by atoms with van der Waals surface area (Å²) in [5.74, 6) is 0.509. The standard InChI is InChI=1S/C19H15ClO2S2/c20-15-8-6-14(7-9-15)18-10-16(21)11-19(24-18)23-12-17(22)13-4-2-1-3-5-13/h1-9,11,18H,10,12H2. The van der Waals surface area contributed by atoms with Gasteiger partial charge in [0.1, 0.15) is 0 Å². The zero-order chi connectivity index (χ0) is 16.9. The van der Waals surface area contributed by atoms with Crippen molar-refractivity contribution >= 4 is 46.7 Å². The van der Waals surface area contributed by atoms with Gasteiger partial charge in [-0.05, 0) is 17.7 Å². The molecule has 0 amide bonds. The van der Waals surface area contributed by atoms with Crippen molar-refractivity contribution in [3.8, 4) is 0 Å². The number of thioether (sulfide) groups is 2. The molecule has 0 N–H and O–H groups in total. The summed E-state index contributed by atoms with van der Waals surface area (Å²) in [7, 11) is 0. The van der Waals surface area contributed by atoms with Gasteiger partial charge in [-0.2, -0.15) is 0 Å². The average molecular weight is 375 g/mol. The second-order valence-electron chi connectivity index (χ2n) is 5.37. The summed E-state index contributed by atoms with van der Waals surface area (Å²) in [5, 5.41) is 0.763. The molecule has 1 unspecified atom stereocenters. The monoisotopic (exact) mass is 374 g/mol. The number of halogens is 1. The number of carbonyl (C=O) groups is 2. The van der Waals surface area contributed by atoms with Crippen molar-refractivity contribution in [1.29, 1.82) is 0 Å². The normalized spacial score (nSPS) is 17.5. The molecule has 1 heterocycles. The van der Waals surface area contributed by atoms with Gasteiger partial charge in [0, 0.05) is 32.6 Å². The van der Waals surface area contributed by atoms with Crippen molar-refractivity contribution in [2.45, 2.75) is 11.7 Å². The number of ketones is 2. The molecule has 3 rings (SSSR count).